The molecule has 0 aliphatic rings. The topological polar surface area (TPSA) is 74.6 Å². The number of benzene rings is 2. The Morgan fingerprint density at radius 2 is 1.88 bits per heavy atom. The predicted molar refractivity (Wildman–Crippen MR) is 99.6 cm³/mol. The van der Waals surface area contributed by atoms with Gasteiger partial charge in [-0.1, -0.05) is 29.8 Å². The van der Waals surface area contributed by atoms with E-state index in [4.69, 9.17) is 11.6 Å². The standard InChI is InChI=1S/C19H14ClN3O2/c20-13-8-9-17(23-16-7-2-1-6-15(16)19(24)25)18(11-13)22-12-14-5-3-4-10-21-14/h1-12,23H,(H,24,25). The van der Waals surface area contributed by atoms with Gasteiger partial charge in [-0.2, -0.15) is 0 Å². The summed E-state index contributed by atoms with van der Waals surface area (Å²) in [5.74, 6) is -1.00. The van der Waals surface area contributed by atoms with Gasteiger partial charge >= 0.3 is 5.97 Å². The molecule has 2 aromatic carbocycles. The summed E-state index contributed by atoms with van der Waals surface area (Å²) in [5.41, 5.74) is 2.59. The maximum absolute atomic E-state index is 11.4. The van der Waals surface area contributed by atoms with Gasteiger partial charge in [-0.15, -0.1) is 0 Å². The molecule has 1 aromatic heterocycles. The van der Waals surface area contributed by atoms with Crippen molar-refractivity contribution in [3.8, 4) is 0 Å². The predicted octanol–water partition coefficient (Wildman–Crippen LogP) is 4.93. The number of aliphatic imine (C=N–C) groups is 1. The van der Waals surface area contributed by atoms with E-state index in [1.165, 1.54) is 6.07 Å². The number of pyridine rings is 1. The third-order valence-electron chi connectivity index (χ3n) is 3.41. The van der Waals surface area contributed by atoms with E-state index in [1.807, 2.05) is 18.2 Å². The SMILES string of the molecule is O=C(O)c1ccccc1Nc1ccc(Cl)cc1N=Cc1ccccn1. The van der Waals surface area contributed by atoms with Crippen LogP contribution in [0.4, 0.5) is 17.1 Å². The van der Waals surface area contributed by atoms with Gasteiger partial charge in [-0.05, 0) is 42.5 Å². The zero-order chi connectivity index (χ0) is 17.6. The first-order chi connectivity index (χ1) is 12.1. The van der Waals surface area contributed by atoms with Crippen LogP contribution in [0.1, 0.15) is 16.1 Å². The Hall–Kier alpha value is -3.18. The fourth-order valence-corrected chi connectivity index (χ4v) is 2.40. The number of anilines is 2. The van der Waals surface area contributed by atoms with Crippen molar-refractivity contribution in [2.75, 3.05) is 5.32 Å². The normalized spacial score (nSPS) is 10.8. The molecule has 0 fully saturated rings. The smallest absolute Gasteiger partial charge is 0.337 e. The molecule has 0 atom stereocenters. The average molecular weight is 352 g/mol. The van der Waals surface area contributed by atoms with E-state index in [0.29, 0.717) is 27.8 Å². The number of nitrogens with zero attached hydrogens (tertiary/aromatic N) is 2. The van der Waals surface area contributed by atoms with E-state index in [0.717, 1.165) is 0 Å². The lowest BCUT2D eigenvalue weighted by Crippen LogP contribution is -2.02. The second-order valence-corrected chi connectivity index (χ2v) is 5.59. The average Bonchev–Trinajstić information content (AvgIpc) is 2.63. The quantitative estimate of drug-likeness (QED) is 0.639. The van der Waals surface area contributed by atoms with Gasteiger partial charge in [0.2, 0.25) is 0 Å². The number of aromatic carboxylic acids is 1. The van der Waals surface area contributed by atoms with Gasteiger partial charge in [0, 0.05) is 11.2 Å². The van der Waals surface area contributed by atoms with Crippen molar-refractivity contribution >= 4 is 40.8 Å². The summed E-state index contributed by atoms with van der Waals surface area (Å²) in [5, 5.41) is 13.0. The maximum atomic E-state index is 11.4. The monoisotopic (exact) mass is 351 g/mol. The second kappa shape index (κ2) is 7.59. The van der Waals surface area contributed by atoms with Gasteiger partial charge in [0.15, 0.2) is 0 Å². The zero-order valence-electron chi connectivity index (χ0n) is 13.1. The molecule has 0 aliphatic heterocycles. The van der Waals surface area contributed by atoms with E-state index in [-0.39, 0.29) is 5.56 Å². The Labute approximate surface area is 149 Å². The van der Waals surface area contributed by atoms with Crippen molar-refractivity contribution in [1.82, 2.24) is 4.98 Å². The van der Waals surface area contributed by atoms with E-state index in [1.54, 1.807) is 48.8 Å². The van der Waals surface area contributed by atoms with Crippen LogP contribution in [0.5, 0.6) is 0 Å². The first-order valence-electron chi connectivity index (χ1n) is 7.47. The van der Waals surface area contributed by atoms with Gasteiger partial charge in [-0.3, -0.25) is 9.98 Å². The Kier molecular flexibility index (Phi) is 5.06. The second-order valence-electron chi connectivity index (χ2n) is 5.15. The minimum absolute atomic E-state index is 0.178. The molecule has 0 radical (unpaired) electrons. The van der Waals surface area contributed by atoms with Crippen LogP contribution in [-0.2, 0) is 0 Å². The number of aromatic nitrogens is 1. The molecule has 0 spiro atoms. The number of hydrogen-bond donors (Lipinski definition) is 2. The lowest BCUT2D eigenvalue weighted by atomic mass is 10.1. The number of para-hydroxylation sites is 1. The highest BCUT2D eigenvalue weighted by Crippen LogP contribution is 2.32. The van der Waals surface area contributed by atoms with Crippen LogP contribution < -0.4 is 5.32 Å². The molecule has 3 aromatic rings. The van der Waals surface area contributed by atoms with E-state index >= 15 is 0 Å². The fourth-order valence-electron chi connectivity index (χ4n) is 2.23. The number of carboxylic acids is 1. The molecule has 0 saturated heterocycles. The zero-order valence-corrected chi connectivity index (χ0v) is 13.8. The van der Waals surface area contributed by atoms with Crippen LogP contribution in [0.2, 0.25) is 5.02 Å². The third-order valence-corrected chi connectivity index (χ3v) is 3.65. The molecular weight excluding hydrogens is 338 g/mol. The van der Waals surface area contributed by atoms with Crippen molar-refractivity contribution in [2.24, 2.45) is 4.99 Å². The van der Waals surface area contributed by atoms with Gasteiger partial charge in [0.05, 0.1) is 34.5 Å². The number of carboxylic acid groups (broad SMARTS) is 1. The molecule has 6 heteroatoms. The summed E-state index contributed by atoms with van der Waals surface area (Å²) in [7, 11) is 0. The number of hydrogen-bond acceptors (Lipinski definition) is 4. The van der Waals surface area contributed by atoms with Crippen LogP contribution in [0.3, 0.4) is 0 Å². The summed E-state index contributed by atoms with van der Waals surface area (Å²) >= 11 is 6.07. The summed E-state index contributed by atoms with van der Waals surface area (Å²) < 4.78 is 0. The molecule has 0 aliphatic carbocycles. The number of carbonyl (C=O) groups is 1. The van der Waals surface area contributed by atoms with E-state index < -0.39 is 5.97 Å². The largest absolute Gasteiger partial charge is 0.478 e. The number of nitrogens with one attached hydrogen (secondary N) is 1. The molecule has 1 heterocycles. The van der Waals surface area contributed by atoms with Crippen molar-refractivity contribution in [3.63, 3.8) is 0 Å². The molecule has 0 bridgehead atoms. The van der Waals surface area contributed by atoms with Crippen molar-refractivity contribution in [2.45, 2.75) is 0 Å². The molecular formula is C19H14ClN3O2. The lowest BCUT2D eigenvalue weighted by molar-refractivity contribution is 0.0698. The fraction of sp³-hybridized carbons (Fsp3) is 0. The van der Waals surface area contributed by atoms with Crippen LogP contribution in [0.25, 0.3) is 0 Å². The van der Waals surface area contributed by atoms with E-state index in [2.05, 4.69) is 15.3 Å². The molecule has 0 saturated carbocycles. The Morgan fingerprint density at radius 1 is 1.08 bits per heavy atom. The molecule has 3 rings (SSSR count). The highest BCUT2D eigenvalue weighted by molar-refractivity contribution is 6.31. The van der Waals surface area contributed by atoms with Gasteiger partial charge in [0.25, 0.3) is 0 Å². The summed E-state index contributed by atoms with van der Waals surface area (Å²) in [6.07, 6.45) is 3.31. The third kappa shape index (κ3) is 4.22. The highest BCUT2D eigenvalue weighted by Gasteiger charge is 2.11. The molecule has 5 nitrogen and oxygen atoms in total. The minimum Gasteiger partial charge on any atom is -0.478 e. The molecule has 2 N–H and O–H groups in total. The Morgan fingerprint density at radius 3 is 2.64 bits per heavy atom. The van der Waals surface area contributed by atoms with Crippen LogP contribution in [0.15, 0.2) is 71.9 Å². The lowest BCUT2D eigenvalue weighted by Gasteiger charge is -2.12. The van der Waals surface area contributed by atoms with Crippen LogP contribution in [0, 0.1) is 0 Å². The van der Waals surface area contributed by atoms with Crippen LogP contribution >= 0.6 is 11.6 Å². The summed E-state index contributed by atoms with van der Waals surface area (Å²) in [6, 6.07) is 17.4. The summed E-state index contributed by atoms with van der Waals surface area (Å²) in [6.45, 7) is 0. The van der Waals surface area contributed by atoms with Gasteiger partial charge < -0.3 is 10.4 Å². The first kappa shape index (κ1) is 16.7. The minimum atomic E-state index is -1.00. The van der Waals surface area contributed by atoms with E-state index in [9.17, 15) is 9.90 Å². The first-order valence-corrected chi connectivity index (χ1v) is 7.85. The summed E-state index contributed by atoms with van der Waals surface area (Å²) in [4.78, 5) is 20.0. The highest BCUT2D eigenvalue weighted by atomic mass is 35.5. The Balaban J connectivity index is 1.95. The Bertz CT molecular complexity index is 927. The van der Waals surface area contributed by atoms with Gasteiger partial charge in [-0.25, -0.2) is 4.79 Å². The van der Waals surface area contributed by atoms with Gasteiger partial charge in [0.1, 0.15) is 0 Å². The van der Waals surface area contributed by atoms with Crippen molar-refractivity contribution in [3.05, 3.63) is 83.1 Å². The maximum Gasteiger partial charge on any atom is 0.337 e. The van der Waals surface area contributed by atoms with Crippen molar-refractivity contribution < 1.29 is 9.90 Å². The number of rotatable bonds is 5. The molecule has 0 amide bonds. The molecule has 0 unspecified atom stereocenters. The number of halogens is 1. The van der Waals surface area contributed by atoms with Crippen LogP contribution in [-0.4, -0.2) is 22.3 Å². The molecule has 25 heavy (non-hydrogen) atoms. The van der Waals surface area contributed by atoms with Crippen molar-refractivity contribution in [1.29, 1.82) is 0 Å². The molecule has 124 valence electrons.